The predicted molar refractivity (Wildman–Crippen MR) is 112 cm³/mol. The van der Waals surface area contributed by atoms with Crippen molar-refractivity contribution in [2.24, 2.45) is 0 Å². The summed E-state index contributed by atoms with van der Waals surface area (Å²) >= 11 is 0. The average molecular weight is 363 g/mol. The van der Waals surface area contributed by atoms with Gasteiger partial charge in [-0.1, -0.05) is 71.9 Å². The molecule has 0 saturated heterocycles. The van der Waals surface area contributed by atoms with E-state index in [0.717, 1.165) is 28.9 Å². The Labute approximate surface area is 162 Å². The van der Waals surface area contributed by atoms with Crippen LogP contribution in [0.1, 0.15) is 58.2 Å². The minimum atomic E-state index is -0.146. The summed E-state index contributed by atoms with van der Waals surface area (Å²) < 4.78 is 1.96. The van der Waals surface area contributed by atoms with Crippen molar-refractivity contribution >= 4 is 0 Å². The van der Waals surface area contributed by atoms with Crippen molar-refractivity contribution in [1.82, 2.24) is 9.78 Å². The molecule has 3 rings (SSSR count). The van der Waals surface area contributed by atoms with Crippen molar-refractivity contribution in [3.8, 4) is 17.0 Å². The minimum absolute atomic E-state index is 0.146. The molecule has 0 aliphatic rings. The van der Waals surface area contributed by atoms with Crippen LogP contribution in [0.25, 0.3) is 11.3 Å². The van der Waals surface area contributed by atoms with Gasteiger partial charge >= 0.3 is 0 Å². The molecule has 0 bridgehead atoms. The van der Waals surface area contributed by atoms with E-state index in [9.17, 15) is 5.11 Å². The van der Waals surface area contributed by atoms with Crippen LogP contribution in [0.2, 0.25) is 0 Å². The topological polar surface area (TPSA) is 38.0 Å². The maximum Gasteiger partial charge on any atom is 0.123 e. The molecule has 0 spiro atoms. The van der Waals surface area contributed by atoms with Crippen molar-refractivity contribution in [3.63, 3.8) is 0 Å². The van der Waals surface area contributed by atoms with Gasteiger partial charge in [-0.05, 0) is 34.6 Å². The highest BCUT2D eigenvalue weighted by Crippen LogP contribution is 2.41. The molecule has 3 nitrogen and oxygen atoms in total. The van der Waals surface area contributed by atoms with Crippen LogP contribution in [0.5, 0.6) is 5.75 Å². The highest BCUT2D eigenvalue weighted by atomic mass is 16.3. The SMILES string of the molecule is CC(C)(C)c1cc(-c2ccn(Cc3ccccc3)n2)cc(C(C)(C)C)c1O. The number of phenolic OH excluding ortho intramolecular Hbond substituents is 1. The van der Waals surface area contributed by atoms with Crippen LogP contribution in [0, 0.1) is 0 Å². The Morgan fingerprint density at radius 1 is 0.852 bits per heavy atom. The summed E-state index contributed by atoms with van der Waals surface area (Å²) in [6.07, 6.45) is 2.02. The smallest absolute Gasteiger partial charge is 0.123 e. The lowest BCUT2D eigenvalue weighted by Crippen LogP contribution is -2.17. The normalized spacial score (nSPS) is 12.4. The van der Waals surface area contributed by atoms with Crippen molar-refractivity contribution < 1.29 is 5.11 Å². The first-order chi connectivity index (χ1) is 12.6. The van der Waals surface area contributed by atoms with E-state index in [2.05, 4.69) is 65.8 Å². The van der Waals surface area contributed by atoms with Gasteiger partial charge in [-0.3, -0.25) is 4.68 Å². The minimum Gasteiger partial charge on any atom is -0.507 e. The van der Waals surface area contributed by atoms with E-state index in [1.807, 2.05) is 35.1 Å². The molecule has 142 valence electrons. The largest absolute Gasteiger partial charge is 0.507 e. The van der Waals surface area contributed by atoms with Gasteiger partial charge in [0.1, 0.15) is 5.75 Å². The molecule has 0 amide bonds. The van der Waals surface area contributed by atoms with Gasteiger partial charge in [0.05, 0.1) is 12.2 Å². The second-order valence-corrected chi connectivity index (χ2v) is 9.30. The lowest BCUT2D eigenvalue weighted by Gasteiger charge is -2.28. The van der Waals surface area contributed by atoms with E-state index in [1.54, 1.807) is 0 Å². The van der Waals surface area contributed by atoms with Crippen LogP contribution >= 0.6 is 0 Å². The van der Waals surface area contributed by atoms with Crippen molar-refractivity contribution in [2.75, 3.05) is 0 Å². The van der Waals surface area contributed by atoms with E-state index < -0.39 is 0 Å². The first kappa shape index (κ1) is 19.2. The molecule has 27 heavy (non-hydrogen) atoms. The molecule has 1 heterocycles. The summed E-state index contributed by atoms with van der Waals surface area (Å²) in [6, 6.07) is 16.6. The molecule has 0 aliphatic heterocycles. The van der Waals surface area contributed by atoms with Gasteiger partial charge in [0.15, 0.2) is 0 Å². The van der Waals surface area contributed by atoms with E-state index in [0.29, 0.717) is 5.75 Å². The second kappa shape index (κ2) is 6.88. The molecule has 1 N–H and O–H groups in total. The van der Waals surface area contributed by atoms with Gasteiger partial charge in [-0.25, -0.2) is 0 Å². The lowest BCUT2D eigenvalue weighted by molar-refractivity contribution is 0.423. The monoisotopic (exact) mass is 362 g/mol. The van der Waals surface area contributed by atoms with Crippen LogP contribution < -0.4 is 0 Å². The quantitative estimate of drug-likeness (QED) is 0.630. The molecule has 3 heteroatoms. The number of aromatic nitrogens is 2. The fourth-order valence-corrected chi connectivity index (χ4v) is 3.30. The fraction of sp³-hybridized carbons (Fsp3) is 0.375. The first-order valence-corrected chi connectivity index (χ1v) is 9.51. The van der Waals surface area contributed by atoms with Crippen molar-refractivity contribution in [2.45, 2.75) is 58.9 Å². The van der Waals surface area contributed by atoms with Gasteiger partial charge in [0, 0.05) is 22.9 Å². The number of nitrogens with zero attached hydrogens (tertiary/aromatic N) is 2. The van der Waals surface area contributed by atoms with Crippen LogP contribution in [-0.4, -0.2) is 14.9 Å². The lowest BCUT2D eigenvalue weighted by atomic mass is 9.78. The summed E-state index contributed by atoms with van der Waals surface area (Å²) in [6.45, 7) is 13.5. The second-order valence-electron chi connectivity index (χ2n) is 9.30. The van der Waals surface area contributed by atoms with Crippen molar-refractivity contribution in [1.29, 1.82) is 0 Å². The van der Waals surface area contributed by atoms with Crippen LogP contribution in [0.4, 0.5) is 0 Å². The fourth-order valence-electron chi connectivity index (χ4n) is 3.30. The molecule has 2 aromatic carbocycles. The zero-order valence-electron chi connectivity index (χ0n) is 17.2. The van der Waals surface area contributed by atoms with Gasteiger partial charge in [0.2, 0.25) is 0 Å². The molecular weight excluding hydrogens is 332 g/mol. The van der Waals surface area contributed by atoms with E-state index >= 15 is 0 Å². The molecule has 1 aromatic heterocycles. The molecule has 0 atom stereocenters. The zero-order chi connectivity index (χ0) is 19.8. The summed E-state index contributed by atoms with van der Waals surface area (Å²) in [5.74, 6) is 0.405. The summed E-state index contributed by atoms with van der Waals surface area (Å²) in [5, 5.41) is 15.7. The third-order valence-corrected chi connectivity index (χ3v) is 4.85. The van der Waals surface area contributed by atoms with Crippen molar-refractivity contribution in [3.05, 3.63) is 71.4 Å². The Hall–Kier alpha value is -2.55. The molecule has 3 aromatic rings. The molecule has 0 unspecified atom stereocenters. The average Bonchev–Trinajstić information content (AvgIpc) is 3.02. The maximum atomic E-state index is 10.9. The standard InChI is InChI=1S/C24H30N2O/c1-23(2,3)19-14-18(15-20(22(19)27)24(4,5)6)21-12-13-26(25-21)16-17-10-8-7-9-11-17/h7-15,27H,16H2,1-6H3. The van der Waals surface area contributed by atoms with Gasteiger partial charge in [0.25, 0.3) is 0 Å². The number of rotatable bonds is 3. The van der Waals surface area contributed by atoms with Gasteiger partial charge in [-0.15, -0.1) is 0 Å². The van der Waals surface area contributed by atoms with E-state index in [4.69, 9.17) is 5.10 Å². The van der Waals surface area contributed by atoms with Crippen LogP contribution in [-0.2, 0) is 17.4 Å². The maximum absolute atomic E-state index is 10.9. The molecule has 0 saturated carbocycles. The zero-order valence-corrected chi connectivity index (χ0v) is 17.2. The Bertz CT molecular complexity index is 890. The Kier molecular flexibility index (Phi) is 4.90. The number of hydrogen-bond donors (Lipinski definition) is 1. The third kappa shape index (κ3) is 4.24. The first-order valence-electron chi connectivity index (χ1n) is 9.51. The van der Waals surface area contributed by atoms with Crippen LogP contribution in [0.3, 0.4) is 0 Å². The Morgan fingerprint density at radius 2 is 1.41 bits per heavy atom. The summed E-state index contributed by atoms with van der Waals surface area (Å²) in [5.41, 5.74) is 4.84. The molecule has 0 radical (unpaired) electrons. The van der Waals surface area contributed by atoms with Gasteiger partial charge in [-0.2, -0.15) is 5.10 Å². The number of phenols is 1. The van der Waals surface area contributed by atoms with Crippen LogP contribution in [0.15, 0.2) is 54.7 Å². The molecular formula is C24H30N2O. The summed E-state index contributed by atoms with van der Waals surface area (Å²) in [4.78, 5) is 0. The third-order valence-electron chi connectivity index (χ3n) is 4.85. The van der Waals surface area contributed by atoms with E-state index in [1.165, 1.54) is 5.56 Å². The molecule has 0 fully saturated rings. The highest BCUT2D eigenvalue weighted by molar-refractivity contribution is 5.66. The summed E-state index contributed by atoms with van der Waals surface area (Å²) in [7, 11) is 0. The predicted octanol–water partition coefficient (Wildman–Crippen LogP) is 5.90. The number of hydrogen-bond acceptors (Lipinski definition) is 2. The number of benzene rings is 2. The van der Waals surface area contributed by atoms with Gasteiger partial charge < -0.3 is 5.11 Å². The van der Waals surface area contributed by atoms with E-state index in [-0.39, 0.29) is 10.8 Å². The Balaban J connectivity index is 2.04. The highest BCUT2D eigenvalue weighted by Gasteiger charge is 2.27. The Morgan fingerprint density at radius 3 is 1.93 bits per heavy atom. The number of aromatic hydroxyl groups is 1. The molecule has 0 aliphatic carbocycles.